The number of anilines is 1. The molecule has 0 amide bonds. The van der Waals surface area contributed by atoms with E-state index < -0.39 is 18.3 Å². The van der Waals surface area contributed by atoms with Gasteiger partial charge in [0.05, 0.1) is 12.3 Å². The minimum Gasteiger partial charge on any atom is -0.461 e. The molecule has 2 heterocycles. The number of nitrogens with zero attached hydrogens (tertiary/aromatic N) is 1. The molecule has 1 aromatic heterocycles. The van der Waals surface area contributed by atoms with Crippen LogP contribution in [0.4, 0.5) is 14.5 Å². The number of piperidine rings is 1. The molecule has 3 rings (SSSR count). The number of aromatic amines is 1. The molecule has 0 saturated carbocycles. The Balaban J connectivity index is 1.79. The van der Waals surface area contributed by atoms with Crippen molar-refractivity contribution in [2.24, 2.45) is 5.92 Å². The second kappa shape index (κ2) is 10.6. The van der Waals surface area contributed by atoms with Crippen LogP contribution in [0.1, 0.15) is 47.4 Å². The number of ether oxygens (including phenoxy) is 1. The monoisotopic (exact) mass is 535 g/mol. The van der Waals surface area contributed by atoms with Crippen molar-refractivity contribution in [1.29, 1.82) is 0 Å². The minimum absolute atomic E-state index is 0.0709. The molecule has 2 aromatic rings. The molecule has 2 unspecified atom stereocenters. The molecule has 0 spiro atoms. The van der Waals surface area contributed by atoms with Crippen LogP contribution in [-0.2, 0) is 11.3 Å². The van der Waals surface area contributed by atoms with E-state index in [1.807, 2.05) is 24.3 Å². The van der Waals surface area contributed by atoms with Gasteiger partial charge >= 0.3 is 5.97 Å². The Morgan fingerprint density at radius 1 is 1.41 bits per heavy atom. The van der Waals surface area contributed by atoms with Crippen LogP contribution in [0.25, 0.3) is 0 Å². The first-order chi connectivity index (χ1) is 14.0. The van der Waals surface area contributed by atoms with Gasteiger partial charge in [0.15, 0.2) is 0 Å². The second-order valence-electron chi connectivity index (χ2n) is 6.88. The zero-order valence-electron chi connectivity index (χ0n) is 16.0. The summed E-state index contributed by atoms with van der Waals surface area (Å²) in [7, 11) is 1.57. The largest absolute Gasteiger partial charge is 0.461 e. The maximum atomic E-state index is 13.4. The highest BCUT2D eigenvalue weighted by Crippen LogP contribution is 2.43. The van der Waals surface area contributed by atoms with Crippen LogP contribution in [-0.4, -0.2) is 34.8 Å². The molecule has 1 fully saturated rings. The summed E-state index contributed by atoms with van der Waals surface area (Å²) in [5, 5.41) is 3.29. The normalized spacial score (nSPS) is 20.0. The van der Waals surface area contributed by atoms with E-state index in [9.17, 15) is 13.6 Å². The second-order valence-corrected chi connectivity index (χ2v) is 8.67. The van der Waals surface area contributed by atoms with Crippen molar-refractivity contribution in [2.45, 2.75) is 38.8 Å². The number of hydrogen-bond acceptors (Lipinski definition) is 5. The molecule has 29 heavy (non-hydrogen) atoms. The first kappa shape index (κ1) is 22.4. The van der Waals surface area contributed by atoms with E-state index in [1.165, 1.54) is 0 Å². The number of rotatable bonds is 8. The first-order valence-electron chi connectivity index (χ1n) is 9.54. The molecule has 5 nitrogen and oxygen atoms in total. The van der Waals surface area contributed by atoms with Gasteiger partial charge in [0, 0.05) is 52.5 Å². The summed E-state index contributed by atoms with van der Waals surface area (Å²) >= 11 is 2.22. The van der Waals surface area contributed by atoms with Crippen LogP contribution < -0.4 is 5.32 Å². The number of halogens is 3. The van der Waals surface area contributed by atoms with Gasteiger partial charge < -0.3 is 15.0 Å². The number of H-pyrrole nitrogens is 1. The number of carbonyl (C=O) groups is 1. The Bertz CT molecular complexity index is 821. The molecule has 1 aromatic carbocycles. The number of nitrogens with one attached hydrogen (secondary N) is 2. The third-order valence-corrected chi connectivity index (χ3v) is 7.28. The van der Waals surface area contributed by atoms with E-state index in [2.05, 4.69) is 35.8 Å². The lowest BCUT2D eigenvalue weighted by molar-refractivity contribution is 0.0349. The highest BCUT2D eigenvalue weighted by molar-refractivity contribution is 14.2. The van der Waals surface area contributed by atoms with Crippen molar-refractivity contribution in [1.82, 2.24) is 9.29 Å². The molecule has 0 radical (unpaired) electrons. The van der Waals surface area contributed by atoms with Crippen LogP contribution in [0.5, 0.6) is 0 Å². The molecule has 158 valence electrons. The third-order valence-electron chi connectivity index (χ3n) is 5.15. The van der Waals surface area contributed by atoms with Gasteiger partial charge in [0.25, 0.3) is 0 Å². The highest BCUT2D eigenvalue weighted by atomic mass is 127. The van der Waals surface area contributed by atoms with Gasteiger partial charge in [-0.25, -0.2) is 17.9 Å². The predicted molar refractivity (Wildman–Crippen MR) is 120 cm³/mol. The van der Waals surface area contributed by atoms with Gasteiger partial charge in [-0.1, -0.05) is 24.3 Å². The Morgan fingerprint density at radius 3 is 2.93 bits per heavy atom. The van der Waals surface area contributed by atoms with Crippen LogP contribution in [0, 0.1) is 5.92 Å². The van der Waals surface area contributed by atoms with Gasteiger partial charge in [-0.15, -0.1) is 0 Å². The fraction of sp³-hybridized carbons (Fsp3) is 0.450. The SMILES string of the molecule is CCOC(=O)c1[nH]ccc1NCc1ccccc1C1CC(C(F)F)CCN1SI. The van der Waals surface area contributed by atoms with Crippen LogP contribution in [0.15, 0.2) is 36.5 Å². The molecule has 1 aliphatic heterocycles. The van der Waals surface area contributed by atoms with E-state index in [0.717, 1.165) is 11.1 Å². The molecular weight excluding hydrogens is 511 g/mol. The maximum Gasteiger partial charge on any atom is 0.356 e. The van der Waals surface area contributed by atoms with E-state index >= 15 is 0 Å². The molecule has 1 aliphatic rings. The molecular formula is C20H24F2IN3O2S. The Morgan fingerprint density at radius 2 is 2.21 bits per heavy atom. The standard InChI is InChI=1S/C20H24F2IN3O2S/c1-2-28-20(27)18-16(7-9-24-18)25-12-14-5-3-4-6-15(14)17-11-13(19(21)22)8-10-26(17)29-23/h3-7,9,13,17,19,24-25H,2,8,10-12H2,1H3. The van der Waals surface area contributed by atoms with Crippen molar-refractivity contribution >= 4 is 42.0 Å². The summed E-state index contributed by atoms with van der Waals surface area (Å²) in [6, 6.07) is 9.62. The lowest BCUT2D eigenvalue weighted by Gasteiger charge is -2.38. The van der Waals surface area contributed by atoms with E-state index in [-0.39, 0.29) is 6.04 Å². The molecule has 9 heteroatoms. The minimum atomic E-state index is -2.30. The average Bonchev–Trinajstić information content (AvgIpc) is 3.21. The summed E-state index contributed by atoms with van der Waals surface area (Å²) in [5.74, 6) is -0.992. The summed E-state index contributed by atoms with van der Waals surface area (Å²) in [4.78, 5) is 15.0. The van der Waals surface area contributed by atoms with Gasteiger partial charge in [-0.3, -0.25) is 0 Å². The summed E-state index contributed by atoms with van der Waals surface area (Å²) in [5.41, 5.74) is 3.11. The van der Waals surface area contributed by atoms with Gasteiger partial charge in [-0.2, -0.15) is 0 Å². The predicted octanol–water partition coefficient (Wildman–Crippen LogP) is 5.82. The van der Waals surface area contributed by atoms with Crippen molar-refractivity contribution in [3.8, 4) is 0 Å². The van der Waals surface area contributed by atoms with Crippen molar-refractivity contribution in [3.05, 3.63) is 53.3 Å². The molecule has 2 N–H and O–H groups in total. The van der Waals surface area contributed by atoms with Crippen molar-refractivity contribution < 1.29 is 18.3 Å². The number of benzene rings is 1. The Hall–Kier alpha value is -1.33. The number of alkyl halides is 2. The van der Waals surface area contributed by atoms with Crippen molar-refractivity contribution in [2.75, 3.05) is 18.5 Å². The topological polar surface area (TPSA) is 57.4 Å². The zero-order chi connectivity index (χ0) is 20.8. The molecule has 0 bridgehead atoms. The molecule has 1 saturated heterocycles. The fourth-order valence-electron chi connectivity index (χ4n) is 3.66. The van der Waals surface area contributed by atoms with Gasteiger partial charge in [-0.05, 0) is 46.1 Å². The average molecular weight is 535 g/mol. The fourth-order valence-corrected chi connectivity index (χ4v) is 5.55. The number of carbonyl (C=O) groups excluding carboxylic acids is 1. The van der Waals surface area contributed by atoms with Crippen LogP contribution >= 0.6 is 30.3 Å². The number of esters is 1. The molecule has 2 atom stereocenters. The lowest BCUT2D eigenvalue weighted by Crippen LogP contribution is -2.34. The summed E-state index contributed by atoms with van der Waals surface area (Å²) in [6.07, 6.45) is 0.333. The first-order valence-corrected chi connectivity index (χ1v) is 12.9. The Kier molecular flexibility index (Phi) is 8.19. The summed E-state index contributed by atoms with van der Waals surface area (Å²) in [6.45, 7) is 3.19. The smallest absolute Gasteiger partial charge is 0.356 e. The van der Waals surface area contributed by atoms with Crippen LogP contribution in [0.3, 0.4) is 0 Å². The van der Waals surface area contributed by atoms with Crippen LogP contribution in [0.2, 0.25) is 0 Å². The van der Waals surface area contributed by atoms with E-state index in [1.54, 1.807) is 28.3 Å². The molecule has 0 aliphatic carbocycles. The Labute approximate surface area is 185 Å². The lowest BCUT2D eigenvalue weighted by atomic mass is 9.87. The summed E-state index contributed by atoms with van der Waals surface area (Å²) < 4.78 is 34.0. The highest BCUT2D eigenvalue weighted by Gasteiger charge is 2.35. The third kappa shape index (κ3) is 5.43. The van der Waals surface area contributed by atoms with E-state index in [0.29, 0.717) is 43.9 Å². The number of aromatic nitrogens is 1. The van der Waals surface area contributed by atoms with Crippen molar-refractivity contribution in [3.63, 3.8) is 0 Å². The number of hydrogen-bond donors (Lipinski definition) is 2. The maximum absolute atomic E-state index is 13.4. The van der Waals surface area contributed by atoms with E-state index in [4.69, 9.17) is 4.74 Å². The quantitative estimate of drug-likeness (QED) is 0.254. The van der Waals surface area contributed by atoms with Gasteiger partial charge in [0.1, 0.15) is 5.69 Å². The van der Waals surface area contributed by atoms with Gasteiger partial charge in [0.2, 0.25) is 6.43 Å². The zero-order valence-corrected chi connectivity index (χ0v) is 19.0.